The van der Waals surface area contributed by atoms with Crippen LogP contribution in [0.1, 0.15) is 10.4 Å². The number of hydrogen-bond acceptors (Lipinski definition) is 22. The second-order valence-electron chi connectivity index (χ2n) is 15.1. The lowest BCUT2D eigenvalue weighted by Gasteiger charge is -2.45. The van der Waals surface area contributed by atoms with Crippen molar-refractivity contribution < 1.29 is 113 Å². The molecular weight excluding hydrogens is 860 g/mol. The minimum atomic E-state index is -2.06. The molecule has 0 radical (unpaired) electrons. The minimum Gasteiger partial charge on any atom is -0.508 e. The summed E-state index contributed by atoms with van der Waals surface area (Å²) in [6, 6.07) is 12.4. The summed E-state index contributed by atoms with van der Waals surface area (Å²) in [6.45, 7) is -2.37. The van der Waals surface area contributed by atoms with Gasteiger partial charge in [0.2, 0.25) is 18.3 Å². The number of methoxy groups -OCH3 is 1. The predicted octanol–water partition coefficient (Wildman–Crippen LogP) is -2.45. The molecule has 13 N–H and O–H groups in total. The van der Waals surface area contributed by atoms with E-state index in [-0.39, 0.29) is 56.6 Å². The molecule has 0 amide bonds. The van der Waals surface area contributed by atoms with E-state index >= 15 is 0 Å². The first kappa shape index (κ1) is 46.8. The third-order valence-electron chi connectivity index (χ3n) is 10.8. The molecule has 3 aromatic carbocycles. The molecule has 23 heteroatoms. The van der Waals surface area contributed by atoms with E-state index in [1.165, 1.54) is 55.6 Å². The molecule has 348 valence electrons. The minimum absolute atomic E-state index is 0.000192. The molecule has 23 nitrogen and oxygen atoms in total. The smallest absolute Gasteiger partial charge is 0.402 e. The first-order valence-electron chi connectivity index (χ1n) is 19.6. The third kappa shape index (κ3) is 9.44. The number of fused-ring (bicyclic) bond motifs is 1. The number of aliphatic hydroxyl groups is 10. The number of carbonyl (C=O) groups excluding carboxylic acids is 1. The number of esters is 1. The molecule has 3 aliphatic rings. The summed E-state index contributed by atoms with van der Waals surface area (Å²) in [5, 5.41) is 137. The Morgan fingerprint density at radius 3 is 1.84 bits per heavy atom. The number of hydrogen-bond donors (Lipinski definition) is 13. The molecule has 3 fully saturated rings. The number of aliphatic hydroxyl groups excluding tert-OH is 10. The van der Waals surface area contributed by atoms with Crippen molar-refractivity contribution in [3.05, 3.63) is 66.2 Å². The highest BCUT2D eigenvalue weighted by atomic mass is 16.8. The van der Waals surface area contributed by atoms with Crippen LogP contribution in [-0.4, -0.2) is 191 Å². The second kappa shape index (κ2) is 19.5. The van der Waals surface area contributed by atoms with Crippen LogP contribution in [-0.2, 0) is 23.7 Å². The fraction of sp³-hybridized carbons (Fsp3) is 0.463. The van der Waals surface area contributed by atoms with Gasteiger partial charge in [0.1, 0.15) is 96.4 Å². The molecule has 0 saturated carbocycles. The molecule has 3 aliphatic heterocycles. The fourth-order valence-corrected chi connectivity index (χ4v) is 7.25. The number of aromatic hydroxyl groups is 3. The van der Waals surface area contributed by atoms with E-state index < -0.39 is 124 Å². The lowest BCUT2D eigenvalue weighted by atomic mass is 9.97. The maximum atomic E-state index is 12.9. The Bertz CT molecular complexity index is 2240. The Labute approximate surface area is 361 Å². The van der Waals surface area contributed by atoms with Crippen LogP contribution >= 0.6 is 0 Å². The van der Waals surface area contributed by atoms with Crippen LogP contribution in [0.5, 0.6) is 34.5 Å². The maximum absolute atomic E-state index is 12.9. The van der Waals surface area contributed by atoms with Gasteiger partial charge in [0, 0.05) is 18.2 Å². The van der Waals surface area contributed by atoms with Crippen LogP contribution in [0.4, 0.5) is 0 Å². The lowest BCUT2D eigenvalue weighted by molar-refractivity contribution is -0.357. The van der Waals surface area contributed by atoms with Crippen LogP contribution in [0.2, 0.25) is 0 Å². The van der Waals surface area contributed by atoms with Crippen molar-refractivity contribution >= 4 is 16.9 Å². The van der Waals surface area contributed by atoms with Gasteiger partial charge in [-0.05, 0) is 36.4 Å². The molecule has 0 aliphatic carbocycles. The molecular formula is C41H47O23+. The molecule has 0 spiro atoms. The first-order chi connectivity index (χ1) is 30.5. The average Bonchev–Trinajstić information content (AvgIpc) is 3.28. The zero-order valence-corrected chi connectivity index (χ0v) is 33.5. The summed E-state index contributed by atoms with van der Waals surface area (Å²) in [5.74, 6) is -2.68. The fourth-order valence-electron chi connectivity index (χ4n) is 7.25. The maximum Gasteiger partial charge on any atom is 0.402 e. The van der Waals surface area contributed by atoms with Crippen LogP contribution < -0.4 is 14.2 Å². The largest absolute Gasteiger partial charge is 0.508 e. The van der Waals surface area contributed by atoms with Crippen molar-refractivity contribution in [2.45, 2.75) is 92.1 Å². The Hall–Kier alpha value is -5.22. The van der Waals surface area contributed by atoms with Crippen LogP contribution in [0.3, 0.4) is 0 Å². The number of phenols is 3. The van der Waals surface area contributed by atoms with Gasteiger partial charge in [-0.25, -0.2) is 9.21 Å². The van der Waals surface area contributed by atoms with E-state index in [4.69, 9.17) is 42.3 Å². The van der Waals surface area contributed by atoms with Crippen molar-refractivity contribution in [1.29, 1.82) is 0 Å². The van der Waals surface area contributed by atoms with E-state index in [0.717, 1.165) is 12.1 Å². The molecule has 3 saturated heterocycles. The molecule has 15 atom stereocenters. The second-order valence-corrected chi connectivity index (χ2v) is 15.1. The summed E-state index contributed by atoms with van der Waals surface area (Å²) in [4.78, 5) is 12.9. The quantitative estimate of drug-likeness (QED) is 0.0489. The van der Waals surface area contributed by atoms with E-state index in [9.17, 15) is 71.2 Å². The molecule has 64 heavy (non-hydrogen) atoms. The monoisotopic (exact) mass is 907 g/mol. The predicted molar refractivity (Wildman–Crippen MR) is 209 cm³/mol. The van der Waals surface area contributed by atoms with Crippen molar-refractivity contribution in [3.8, 4) is 45.8 Å². The van der Waals surface area contributed by atoms with Gasteiger partial charge in [-0.15, -0.1) is 0 Å². The van der Waals surface area contributed by atoms with Gasteiger partial charge in [0.15, 0.2) is 23.9 Å². The highest BCUT2D eigenvalue weighted by Gasteiger charge is 2.52. The summed E-state index contributed by atoms with van der Waals surface area (Å²) >= 11 is 0. The topological polar surface area (TPSA) is 365 Å². The van der Waals surface area contributed by atoms with Crippen molar-refractivity contribution in [2.24, 2.45) is 0 Å². The number of rotatable bonds is 13. The SMILES string of the molecule is COc1cc(-c2[o+]c3cc(O)cc(O[C@@H]4O[C@H](CO)[C@@H](O)[C@H](O)[C@H]4O)c3cc2O[C@H]2O[C@H](COC(=O)c3ccc(O)cc3)[C@@H](O)[C@H](O)[C@H]2O[C@@H]2O[C@H](CO)[C@@H](O)[C@H](O)[C@H]2O)ccc1O. The first-order valence-corrected chi connectivity index (χ1v) is 19.6. The highest BCUT2D eigenvalue weighted by Crippen LogP contribution is 2.44. The Kier molecular flexibility index (Phi) is 14.2. The van der Waals surface area contributed by atoms with Gasteiger partial charge in [-0.3, -0.25) is 0 Å². The third-order valence-corrected chi connectivity index (χ3v) is 10.8. The van der Waals surface area contributed by atoms with Crippen molar-refractivity contribution in [1.82, 2.24) is 0 Å². The van der Waals surface area contributed by atoms with Crippen LogP contribution in [0, 0.1) is 0 Å². The van der Waals surface area contributed by atoms with Gasteiger partial charge in [0.05, 0.1) is 37.5 Å². The van der Waals surface area contributed by atoms with Gasteiger partial charge < -0.3 is 104 Å². The highest BCUT2D eigenvalue weighted by molar-refractivity contribution is 5.90. The molecule has 4 aromatic rings. The summed E-state index contributed by atoms with van der Waals surface area (Å²) in [6.07, 6.45) is -27.2. The molecule has 0 unspecified atom stereocenters. The zero-order chi connectivity index (χ0) is 46.1. The van der Waals surface area contributed by atoms with Gasteiger partial charge in [-0.1, -0.05) is 0 Å². The number of carbonyl (C=O) groups is 1. The number of ether oxygens (including phenoxy) is 8. The van der Waals surface area contributed by atoms with Crippen LogP contribution in [0.15, 0.2) is 65.1 Å². The van der Waals surface area contributed by atoms with Gasteiger partial charge >= 0.3 is 17.3 Å². The standard InChI is InChI=1S/C41H46O23/c1-56-23-8-16(4-7-20(23)46)36-24(11-19-21(58-36)9-18(45)10-22(19)59-39-34(53)31(50)28(47)25(12-42)61-39)60-41-37(64-40-35(54)32(51)29(48)26(13-43)62-40)33(52)30(49)27(63-41)14-57-38(55)15-2-5-17(44)6-3-15/h2-11,25-35,37,39-43,47-54H,12-14H2,1H3,(H2-,44,45,46,55)/p+1/t25-,26-,27-,28-,29-,30-,31+,32+,33+,34-,35-,37-,39-,40+,41+/m1/s1. The average molecular weight is 908 g/mol. The van der Waals surface area contributed by atoms with E-state index in [1.54, 1.807) is 0 Å². The molecule has 4 heterocycles. The Morgan fingerprint density at radius 2 is 1.20 bits per heavy atom. The summed E-state index contributed by atoms with van der Waals surface area (Å²) in [5.41, 5.74) is -0.00426. The lowest BCUT2D eigenvalue weighted by Crippen LogP contribution is -2.65. The normalized spacial score (nSPS) is 33.1. The van der Waals surface area contributed by atoms with E-state index in [0.29, 0.717) is 0 Å². The van der Waals surface area contributed by atoms with Crippen LogP contribution in [0.25, 0.3) is 22.3 Å². The number of phenolic OH excluding ortho intramolecular Hbond substituents is 3. The summed E-state index contributed by atoms with van der Waals surface area (Å²) < 4.78 is 52.2. The molecule has 7 rings (SSSR count). The van der Waals surface area contributed by atoms with Gasteiger partial charge in [0.25, 0.3) is 0 Å². The van der Waals surface area contributed by atoms with Crippen molar-refractivity contribution in [3.63, 3.8) is 0 Å². The molecule has 0 bridgehead atoms. The van der Waals surface area contributed by atoms with E-state index in [2.05, 4.69) is 0 Å². The zero-order valence-electron chi connectivity index (χ0n) is 33.5. The summed E-state index contributed by atoms with van der Waals surface area (Å²) in [7, 11) is 1.27. The van der Waals surface area contributed by atoms with E-state index in [1.807, 2.05) is 0 Å². The molecule has 1 aromatic heterocycles. The Morgan fingerprint density at radius 1 is 0.609 bits per heavy atom. The van der Waals surface area contributed by atoms with Crippen molar-refractivity contribution in [2.75, 3.05) is 26.9 Å². The number of benzene rings is 3. The van der Waals surface area contributed by atoms with Gasteiger partial charge in [-0.2, -0.15) is 0 Å². The Balaban J connectivity index is 1.31.